The first-order valence-electron chi connectivity index (χ1n) is 16.5. The van der Waals surface area contributed by atoms with E-state index in [9.17, 15) is 14.9 Å². The Morgan fingerprint density at radius 1 is 0.596 bits per heavy atom. The van der Waals surface area contributed by atoms with Crippen molar-refractivity contribution in [2.75, 3.05) is 4.90 Å². The van der Waals surface area contributed by atoms with Crippen LogP contribution in [0.15, 0.2) is 146 Å². The topological polar surface area (TPSA) is 96.2 Å². The van der Waals surface area contributed by atoms with E-state index in [1.165, 1.54) is 4.90 Å². The molecule has 1 aliphatic heterocycles. The van der Waals surface area contributed by atoms with Gasteiger partial charge in [0.25, 0.3) is 11.8 Å². The molecule has 8 aromatic rings. The number of anilines is 1. The van der Waals surface area contributed by atoms with E-state index in [0.29, 0.717) is 44.9 Å². The summed E-state index contributed by atoms with van der Waals surface area (Å²) < 4.78 is 2.02. The van der Waals surface area contributed by atoms with Gasteiger partial charge in [0.15, 0.2) is 5.69 Å². The molecule has 0 unspecified atom stereocenters. The molecular weight excluding hydrogens is 645 g/mol. The Balaban J connectivity index is 1.28. The lowest BCUT2D eigenvalue weighted by molar-refractivity contribution is 0.0926. The molecule has 5 aromatic carbocycles. The van der Waals surface area contributed by atoms with Crippen molar-refractivity contribution >= 4 is 45.0 Å². The summed E-state index contributed by atoms with van der Waals surface area (Å²) in [6.45, 7) is 7.75. The molecule has 0 radical (unpaired) electrons. The first-order chi connectivity index (χ1) is 25.6. The monoisotopic (exact) mass is 668 g/mol. The number of rotatable bonds is 5. The molecule has 242 valence electrons. The van der Waals surface area contributed by atoms with Crippen LogP contribution in [0.25, 0.3) is 65.7 Å². The quantitative estimate of drug-likeness (QED) is 0.134. The number of pyridine rings is 2. The van der Waals surface area contributed by atoms with Crippen LogP contribution < -0.4 is 4.90 Å². The van der Waals surface area contributed by atoms with Gasteiger partial charge in [-0.1, -0.05) is 66.7 Å². The summed E-state index contributed by atoms with van der Waals surface area (Å²) in [4.78, 5) is 42.4. The maximum atomic E-state index is 14.6. The fourth-order valence-corrected chi connectivity index (χ4v) is 7.25. The summed E-state index contributed by atoms with van der Waals surface area (Å²) in [6.07, 6.45) is 6.56. The van der Waals surface area contributed by atoms with Crippen molar-refractivity contribution in [3.8, 4) is 45.1 Å². The summed E-state index contributed by atoms with van der Waals surface area (Å²) in [5.74, 6) is -0.798. The number of hydrogen-bond donors (Lipinski definition) is 0. The molecule has 52 heavy (non-hydrogen) atoms. The molecule has 0 saturated heterocycles. The fourth-order valence-electron chi connectivity index (χ4n) is 7.25. The molecule has 3 aromatic heterocycles. The zero-order chi connectivity index (χ0) is 35.3. The number of para-hydroxylation sites is 1. The molecule has 0 fully saturated rings. The number of imide groups is 1. The Kier molecular flexibility index (Phi) is 7.03. The number of aromatic nitrogens is 3. The standard InChI is InChI=1S/C44H24N6O2/c1-46-37-19-21-48-26-36(37)29-15-17-40-34(23-29)33-22-28(35-25-47-20-18-30(35)24-45)14-16-39(33)49(40)41-13-7-11-32-42(41)44(52)50(43(32)51)38-12-6-5-10-31(38)27-8-3-2-4-9-27/h2-23,25-26H. The molecule has 1 aliphatic rings. The predicted molar refractivity (Wildman–Crippen MR) is 201 cm³/mol. The molecule has 4 heterocycles. The van der Waals surface area contributed by atoms with Crippen LogP contribution in [0.3, 0.4) is 0 Å². The van der Waals surface area contributed by atoms with Gasteiger partial charge in [-0.2, -0.15) is 5.26 Å². The van der Waals surface area contributed by atoms with Crippen molar-refractivity contribution in [2.24, 2.45) is 0 Å². The number of amides is 2. The molecule has 9 rings (SSSR count). The van der Waals surface area contributed by atoms with Crippen molar-refractivity contribution in [1.82, 2.24) is 14.5 Å². The summed E-state index contributed by atoms with van der Waals surface area (Å²) in [5.41, 5.74) is 8.96. The molecule has 0 spiro atoms. The van der Waals surface area contributed by atoms with Gasteiger partial charge in [0.05, 0.1) is 51.7 Å². The Morgan fingerprint density at radius 3 is 1.96 bits per heavy atom. The van der Waals surface area contributed by atoms with E-state index >= 15 is 0 Å². The van der Waals surface area contributed by atoms with Gasteiger partial charge >= 0.3 is 0 Å². The Hall–Kier alpha value is -7.68. The minimum Gasteiger partial charge on any atom is -0.308 e. The average Bonchev–Trinajstić information content (AvgIpc) is 3.67. The second kappa shape index (κ2) is 12.0. The number of nitrogens with zero attached hydrogens (tertiary/aromatic N) is 6. The van der Waals surface area contributed by atoms with Gasteiger partial charge in [-0.3, -0.25) is 19.6 Å². The number of benzene rings is 5. The number of carbonyl (C=O) groups is 2. The first kappa shape index (κ1) is 30.4. The van der Waals surface area contributed by atoms with E-state index in [0.717, 1.165) is 44.1 Å². The van der Waals surface area contributed by atoms with E-state index < -0.39 is 5.91 Å². The van der Waals surface area contributed by atoms with Crippen LogP contribution >= 0.6 is 0 Å². The summed E-state index contributed by atoms with van der Waals surface area (Å²) in [6, 6.07) is 40.0. The zero-order valence-electron chi connectivity index (χ0n) is 27.4. The second-order valence-electron chi connectivity index (χ2n) is 12.4. The van der Waals surface area contributed by atoms with Crippen LogP contribution in [0.5, 0.6) is 0 Å². The molecule has 0 aliphatic carbocycles. The Morgan fingerprint density at radius 2 is 1.23 bits per heavy atom. The molecule has 8 heteroatoms. The third-order valence-electron chi connectivity index (χ3n) is 9.61. The van der Waals surface area contributed by atoms with Crippen molar-refractivity contribution in [1.29, 1.82) is 5.26 Å². The predicted octanol–water partition coefficient (Wildman–Crippen LogP) is 9.80. The van der Waals surface area contributed by atoms with Crippen molar-refractivity contribution < 1.29 is 9.59 Å². The highest BCUT2D eigenvalue weighted by atomic mass is 16.2. The van der Waals surface area contributed by atoms with Crippen LogP contribution in [-0.2, 0) is 0 Å². The second-order valence-corrected chi connectivity index (χ2v) is 12.4. The van der Waals surface area contributed by atoms with Crippen LogP contribution in [0.4, 0.5) is 11.4 Å². The highest BCUT2D eigenvalue weighted by Gasteiger charge is 2.40. The lowest BCUT2D eigenvalue weighted by atomic mass is 9.99. The largest absolute Gasteiger partial charge is 0.308 e. The SMILES string of the molecule is [C-]#[N+]c1ccncc1-c1ccc2c(c1)c1cc(-c3cnccc3C#N)ccc1n2-c1cccc2c1C(=O)N(c1ccccc1-c1ccccc1)C2=O. The summed E-state index contributed by atoms with van der Waals surface area (Å²) >= 11 is 0. The van der Waals surface area contributed by atoms with E-state index in [4.69, 9.17) is 6.57 Å². The van der Waals surface area contributed by atoms with Gasteiger partial charge in [-0.05, 0) is 71.3 Å². The van der Waals surface area contributed by atoms with Crippen LogP contribution in [0.1, 0.15) is 26.3 Å². The van der Waals surface area contributed by atoms with Crippen molar-refractivity contribution in [2.45, 2.75) is 0 Å². The highest BCUT2D eigenvalue weighted by molar-refractivity contribution is 6.36. The molecule has 8 nitrogen and oxygen atoms in total. The van der Waals surface area contributed by atoms with Gasteiger partial charge in [-0.15, -0.1) is 0 Å². The van der Waals surface area contributed by atoms with Gasteiger partial charge < -0.3 is 4.57 Å². The molecule has 0 atom stereocenters. The molecule has 0 bridgehead atoms. The highest BCUT2D eigenvalue weighted by Crippen LogP contribution is 2.42. The average molecular weight is 669 g/mol. The van der Waals surface area contributed by atoms with Crippen molar-refractivity contribution in [3.05, 3.63) is 174 Å². The smallest absolute Gasteiger partial charge is 0.268 e. The molecule has 0 saturated carbocycles. The third-order valence-corrected chi connectivity index (χ3v) is 9.61. The Labute approximate surface area is 297 Å². The van der Waals surface area contributed by atoms with Crippen LogP contribution in [-0.4, -0.2) is 26.3 Å². The van der Waals surface area contributed by atoms with E-state index in [1.807, 2.05) is 95.6 Å². The minimum atomic E-state index is -0.409. The van der Waals surface area contributed by atoms with E-state index in [1.54, 1.807) is 55.1 Å². The summed E-state index contributed by atoms with van der Waals surface area (Å²) in [5, 5.41) is 11.6. The summed E-state index contributed by atoms with van der Waals surface area (Å²) in [7, 11) is 0. The lowest BCUT2D eigenvalue weighted by Gasteiger charge is -2.18. The van der Waals surface area contributed by atoms with Crippen LogP contribution in [0.2, 0.25) is 0 Å². The molecule has 2 amide bonds. The van der Waals surface area contributed by atoms with Gasteiger partial charge in [0.2, 0.25) is 0 Å². The zero-order valence-corrected chi connectivity index (χ0v) is 27.4. The van der Waals surface area contributed by atoms with Crippen molar-refractivity contribution in [3.63, 3.8) is 0 Å². The fraction of sp³-hybridized carbons (Fsp3) is 0. The molecular formula is C44H24N6O2. The normalized spacial score (nSPS) is 12.2. The van der Waals surface area contributed by atoms with Gasteiger partial charge in [0.1, 0.15) is 0 Å². The number of fused-ring (bicyclic) bond motifs is 4. The maximum Gasteiger partial charge on any atom is 0.268 e. The minimum absolute atomic E-state index is 0.309. The van der Waals surface area contributed by atoms with Gasteiger partial charge in [0, 0.05) is 52.3 Å². The van der Waals surface area contributed by atoms with E-state index in [2.05, 4.69) is 20.9 Å². The van der Waals surface area contributed by atoms with Gasteiger partial charge in [-0.25, -0.2) is 9.74 Å². The number of nitriles is 1. The number of hydrogen-bond acceptors (Lipinski definition) is 5. The maximum absolute atomic E-state index is 14.6. The lowest BCUT2D eigenvalue weighted by Crippen LogP contribution is -2.30. The molecule has 0 N–H and O–H groups in total. The first-order valence-corrected chi connectivity index (χ1v) is 16.5. The Bertz CT molecular complexity index is 2760. The number of carbonyl (C=O) groups excluding carboxylic acids is 2. The van der Waals surface area contributed by atoms with E-state index in [-0.39, 0.29) is 5.91 Å². The third kappa shape index (κ3) is 4.60. The van der Waals surface area contributed by atoms with Crippen LogP contribution in [0, 0.1) is 17.9 Å².